The van der Waals surface area contributed by atoms with Crippen LogP contribution in [-0.4, -0.2) is 48.6 Å². The first-order chi connectivity index (χ1) is 15.0. The Labute approximate surface area is 183 Å². The van der Waals surface area contributed by atoms with Gasteiger partial charge in [-0.1, -0.05) is 43.3 Å². The number of ether oxygens (including phenoxy) is 2. The molecular weight excluding hydrogens is 394 g/mol. The van der Waals surface area contributed by atoms with Gasteiger partial charge in [-0.25, -0.2) is 0 Å². The van der Waals surface area contributed by atoms with Gasteiger partial charge in [-0.2, -0.15) is 0 Å². The zero-order chi connectivity index (χ0) is 22.4. The van der Waals surface area contributed by atoms with Gasteiger partial charge in [-0.05, 0) is 43.0 Å². The number of Topliss-reactive ketones (excluding diaryl/α,β-unsaturated/α-hetero) is 1. The van der Waals surface area contributed by atoms with Crippen LogP contribution in [0, 0.1) is 6.92 Å². The molecule has 1 atom stereocenters. The third-order valence-electron chi connectivity index (χ3n) is 5.35. The lowest BCUT2D eigenvalue weighted by Gasteiger charge is -2.26. The second kappa shape index (κ2) is 10.3. The first kappa shape index (κ1) is 22.6. The summed E-state index contributed by atoms with van der Waals surface area (Å²) in [4.78, 5) is 27.5. The molecule has 2 aromatic rings. The number of aryl methyl sites for hydroxylation is 1. The molecule has 0 aliphatic carbocycles. The van der Waals surface area contributed by atoms with Crippen LogP contribution in [0.2, 0.25) is 0 Å². The van der Waals surface area contributed by atoms with Crippen LogP contribution in [0.25, 0.3) is 5.76 Å². The van der Waals surface area contributed by atoms with Crippen molar-refractivity contribution in [3.05, 3.63) is 70.8 Å². The zero-order valence-corrected chi connectivity index (χ0v) is 18.3. The number of amides is 1. The van der Waals surface area contributed by atoms with E-state index in [-0.39, 0.29) is 11.3 Å². The normalized spacial score (nSPS) is 17.9. The highest BCUT2D eigenvalue weighted by Crippen LogP contribution is 2.40. The van der Waals surface area contributed by atoms with Crippen molar-refractivity contribution in [2.75, 3.05) is 26.9 Å². The summed E-state index contributed by atoms with van der Waals surface area (Å²) in [7, 11) is 1.60. The molecule has 0 radical (unpaired) electrons. The van der Waals surface area contributed by atoms with Gasteiger partial charge < -0.3 is 19.5 Å². The maximum Gasteiger partial charge on any atom is 0.295 e. The van der Waals surface area contributed by atoms with E-state index in [4.69, 9.17) is 9.47 Å². The minimum Gasteiger partial charge on any atom is -0.507 e. The molecule has 1 unspecified atom stereocenters. The molecule has 1 fully saturated rings. The van der Waals surface area contributed by atoms with Gasteiger partial charge in [0.2, 0.25) is 0 Å². The Kier molecular flexibility index (Phi) is 7.47. The van der Waals surface area contributed by atoms with E-state index in [0.717, 1.165) is 17.5 Å². The molecule has 1 saturated heterocycles. The van der Waals surface area contributed by atoms with Crippen molar-refractivity contribution in [3.8, 4) is 5.75 Å². The number of rotatable bonds is 9. The maximum absolute atomic E-state index is 13.0. The van der Waals surface area contributed by atoms with E-state index in [0.29, 0.717) is 37.5 Å². The molecule has 1 amide bonds. The average molecular weight is 424 g/mol. The fourth-order valence-corrected chi connectivity index (χ4v) is 3.82. The number of aliphatic hydroxyl groups excluding tert-OH is 1. The summed E-state index contributed by atoms with van der Waals surface area (Å²) in [5, 5.41) is 11.2. The van der Waals surface area contributed by atoms with Crippen molar-refractivity contribution < 1.29 is 24.2 Å². The van der Waals surface area contributed by atoms with Crippen LogP contribution in [0.15, 0.2) is 54.1 Å². The van der Waals surface area contributed by atoms with Crippen LogP contribution in [0.1, 0.15) is 42.5 Å². The summed E-state index contributed by atoms with van der Waals surface area (Å²) in [6, 6.07) is 13.9. The third kappa shape index (κ3) is 4.80. The monoisotopic (exact) mass is 423 g/mol. The molecule has 3 rings (SSSR count). The molecule has 0 spiro atoms. The Morgan fingerprint density at radius 1 is 1.10 bits per heavy atom. The van der Waals surface area contributed by atoms with Crippen LogP contribution in [0.4, 0.5) is 0 Å². The lowest BCUT2D eigenvalue weighted by molar-refractivity contribution is -0.140. The Balaban J connectivity index is 2.10. The molecule has 6 nitrogen and oxygen atoms in total. The zero-order valence-electron chi connectivity index (χ0n) is 18.3. The highest BCUT2D eigenvalue weighted by atomic mass is 16.5. The van der Waals surface area contributed by atoms with E-state index in [2.05, 4.69) is 0 Å². The Hall–Kier alpha value is -3.12. The van der Waals surface area contributed by atoms with Crippen LogP contribution < -0.4 is 4.74 Å². The van der Waals surface area contributed by atoms with E-state index < -0.39 is 17.7 Å². The second-order valence-corrected chi connectivity index (χ2v) is 7.57. The van der Waals surface area contributed by atoms with Crippen molar-refractivity contribution in [2.45, 2.75) is 32.7 Å². The van der Waals surface area contributed by atoms with Gasteiger partial charge >= 0.3 is 0 Å². The van der Waals surface area contributed by atoms with Gasteiger partial charge in [0.05, 0.1) is 18.2 Å². The molecule has 2 aromatic carbocycles. The molecule has 1 N–H and O–H groups in total. The predicted octanol–water partition coefficient (Wildman–Crippen LogP) is 4.24. The average Bonchev–Trinajstić information content (AvgIpc) is 3.02. The summed E-state index contributed by atoms with van der Waals surface area (Å²) in [5.74, 6) is -0.872. The van der Waals surface area contributed by atoms with Gasteiger partial charge in [0.1, 0.15) is 11.5 Å². The first-order valence-corrected chi connectivity index (χ1v) is 10.6. The summed E-state index contributed by atoms with van der Waals surface area (Å²) in [5.41, 5.74) is 2.31. The minimum atomic E-state index is -0.678. The van der Waals surface area contributed by atoms with Crippen molar-refractivity contribution in [1.82, 2.24) is 4.90 Å². The fourth-order valence-electron chi connectivity index (χ4n) is 3.82. The molecule has 0 saturated carbocycles. The van der Waals surface area contributed by atoms with E-state index >= 15 is 0 Å². The van der Waals surface area contributed by atoms with Crippen LogP contribution >= 0.6 is 0 Å². The van der Waals surface area contributed by atoms with Gasteiger partial charge in [-0.15, -0.1) is 0 Å². The molecule has 31 heavy (non-hydrogen) atoms. The first-order valence-electron chi connectivity index (χ1n) is 10.6. The highest BCUT2D eigenvalue weighted by Gasteiger charge is 2.46. The molecular formula is C25H29NO5. The highest BCUT2D eigenvalue weighted by molar-refractivity contribution is 6.46. The summed E-state index contributed by atoms with van der Waals surface area (Å²) < 4.78 is 10.8. The number of nitrogens with zero attached hydrogens (tertiary/aromatic N) is 1. The number of carbonyl (C=O) groups excluding carboxylic acids is 2. The lowest BCUT2D eigenvalue weighted by atomic mass is 9.92. The van der Waals surface area contributed by atoms with Crippen molar-refractivity contribution >= 4 is 17.4 Å². The maximum atomic E-state index is 13.0. The van der Waals surface area contributed by atoms with Crippen molar-refractivity contribution in [2.24, 2.45) is 0 Å². The van der Waals surface area contributed by atoms with Crippen molar-refractivity contribution in [3.63, 3.8) is 0 Å². The number of carbonyl (C=O) groups is 2. The van der Waals surface area contributed by atoms with Crippen LogP contribution in [0.3, 0.4) is 0 Å². The van der Waals surface area contributed by atoms with Gasteiger partial charge in [0, 0.05) is 25.8 Å². The summed E-state index contributed by atoms with van der Waals surface area (Å²) in [6.45, 7) is 5.33. The fraction of sp³-hybridized carbons (Fsp3) is 0.360. The smallest absolute Gasteiger partial charge is 0.295 e. The molecule has 0 aromatic heterocycles. The molecule has 1 aliphatic heterocycles. The molecule has 164 valence electrons. The topological polar surface area (TPSA) is 76.1 Å². The number of hydrogen-bond acceptors (Lipinski definition) is 5. The Bertz CT molecular complexity index is 981. The summed E-state index contributed by atoms with van der Waals surface area (Å²) >= 11 is 0. The molecule has 0 bridgehead atoms. The van der Waals surface area contributed by atoms with Crippen molar-refractivity contribution in [1.29, 1.82) is 0 Å². The quantitative estimate of drug-likeness (QED) is 0.283. The molecule has 6 heteroatoms. The van der Waals surface area contributed by atoms with Gasteiger partial charge in [-0.3, -0.25) is 9.59 Å². The number of ketones is 1. The van der Waals surface area contributed by atoms with Gasteiger partial charge in [0.25, 0.3) is 11.7 Å². The Morgan fingerprint density at radius 2 is 1.87 bits per heavy atom. The SMILES string of the molecule is CCCOc1cccc(/C(O)=C2\C(=O)C(=O)N(CCCOC)C2c2ccccc2C)c1. The van der Waals surface area contributed by atoms with E-state index in [1.807, 2.05) is 38.1 Å². The van der Waals surface area contributed by atoms with E-state index in [9.17, 15) is 14.7 Å². The largest absolute Gasteiger partial charge is 0.507 e. The lowest BCUT2D eigenvalue weighted by Crippen LogP contribution is -2.31. The predicted molar refractivity (Wildman–Crippen MR) is 119 cm³/mol. The third-order valence-corrected chi connectivity index (χ3v) is 5.35. The van der Waals surface area contributed by atoms with Gasteiger partial charge in [0.15, 0.2) is 0 Å². The van der Waals surface area contributed by atoms with Crippen LogP contribution in [-0.2, 0) is 14.3 Å². The molecule has 1 aliphatic rings. The number of hydrogen-bond donors (Lipinski definition) is 1. The molecule has 1 heterocycles. The number of benzene rings is 2. The number of aliphatic hydroxyl groups is 1. The van der Waals surface area contributed by atoms with Crippen LogP contribution in [0.5, 0.6) is 5.75 Å². The Morgan fingerprint density at radius 3 is 2.58 bits per heavy atom. The number of methoxy groups -OCH3 is 1. The summed E-state index contributed by atoms with van der Waals surface area (Å²) in [6.07, 6.45) is 1.45. The van der Waals surface area contributed by atoms with E-state index in [1.54, 1.807) is 31.4 Å². The minimum absolute atomic E-state index is 0.101. The standard InChI is InChI=1S/C25H29NO5/c1-4-14-31-19-11-7-10-18(16-19)23(27)21-22(20-12-6-5-9-17(20)2)26(13-8-15-30-3)25(29)24(21)28/h5-7,9-12,16,22,27H,4,8,13-15H2,1-3H3/b23-21+. The second-order valence-electron chi connectivity index (χ2n) is 7.57. The number of likely N-dealkylation sites (tertiary alicyclic amines) is 1. The van der Waals surface area contributed by atoms with E-state index in [1.165, 1.54) is 4.90 Å².